The minimum Gasteiger partial charge on any atom is -0.444 e. The molecule has 0 radical (unpaired) electrons. The number of nitrogens with one attached hydrogen (secondary N) is 1. The van der Waals surface area contributed by atoms with E-state index in [2.05, 4.69) is 11.4 Å². The number of carbonyl (C=O) groups excluding carboxylic acids is 1. The summed E-state index contributed by atoms with van der Waals surface area (Å²) in [6.07, 6.45) is -0.291. The molecule has 0 aromatic carbocycles. The van der Waals surface area contributed by atoms with Crippen LogP contribution in [0, 0.1) is 11.3 Å². The van der Waals surface area contributed by atoms with Crippen molar-refractivity contribution < 1.29 is 9.53 Å². The first kappa shape index (κ1) is 14.8. The highest BCUT2D eigenvalue weighted by Crippen LogP contribution is 2.21. The maximum absolute atomic E-state index is 11.8. The van der Waals surface area contributed by atoms with Gasteiger partial charge >= 0.3 is 6.09 Å². The molecule has 2 heterocycles. The lowest BCUT2D eigenvalue weighted by Gasteiger charge is -2.40. The molecule has 1 saturated heterocycles. The second-order valence-electron chi connectivity index (χ2n) is 5.83. The highest BCUT2D eigenvalue weighted by atomic mass is 32.1. The summed E-state index contributed by atoms with van der Waals surface area (Å²) in [6, 6.07) is 5.96. The third-order valence-electron chi connectivity index (χ3n) is 2.89. The molecule has 1 fully saturated rings. The van der Waals surface area contributed by atoms with E-state index in [1.807, 2.05) is 38.3 Å². The Morgan fingerprint density at radius 3 is 2.80 bits per heavy atom. The van der Waals surface area contributed by atoms with Crippen LogP contribution in [0.5, 0.6) is 0 Å². The second-order valence-corrected chi connectivity index (χ2v) is 6.81. The molecule has 1 atom stereocenters. The van der Waals surface area contributed by atoms with Gasteiger partial charge in [-0.05, 0) is 32.2 Å². The number of carbonyl (C=O) groups is 1. The predicted octanol–water partition coefficient (Wildman–Crippen LogP) is 2.52. The second kappa shape index (κ2) is 5.81. The molecule has 1 aliphatic rings. The van der Waals surface area contributed by atoms with Crippen LogP contribution in [0.15, 0.2) is 17.5 Å². The first-order chi connectivity index (χ1) is 9.39. The van der Waals surface area contributed by atoms with Gasteiger partial charge in [-0.2, -0.15) is 5.26 Å². The van der Waals surface area contributed by atoms with Crippen LogP contribution in [0.4, 0.5) is 4.79 Å². The topological polar surface area (TPSA) is 65.4 Å². The van der Waals surface area contributed by atoms with E-state index in [0.717, 1.165) is 4.88 Å². The zero-order chi connectivity index (χ0) is 14.8. The highest BCUT2D eigenvalue weighted by molar-refractivity contribution is 7.10. The van der Waals surface area contributed by atoms with E-state index in [9.17, 15) is 10.1 Å². The largest absolute Gasteiger partial charge is 0.444 e. The molecule has 108 valence electrons. The van der Waals surface area contributed by atoms with Crippen molar-refractivity contribution in [3.63, 3.8) is 0 Å². The monoisotopic (exact) mass is 293 g/mol. The van der Waals surface area contributed by atoms with Crippen molar-refractivity contribution in [3.8, 4) is 6.07 Å². The number of amides is 1. The van der Waals surface area contributed by atoms with Gasteiger partial charge in [-0.15, -0.1) is 11.3 Å². The summed E-state index contributed by atoms with van der Waals surface area (Å²) in [6.45, 7) is 6.71. The highest BCUT2D eigenvalue weighted by Gasteiger charge is 2.34. The molecule has 0 spiro atoms. The molecule has 1 aromatic rings. The minimum absolute atomic E-state index is 0.147. The van der Waals surface area contributed by atoms with Crippen LogP contribution in [0.3, 0.4) is 0 Å². The molecule has 1 aliphatic heterocycles. The quantitative estimate of drug-likeness (QED) is 0.930. The van der Waals surface area contributed by atoms with Gasteiger partial charge in [0.2, 0.25) is 0 Å². The fourth-order valence-corrected chi connectivity index (χ4v) is 2.66. The Bertz CT molecular complexity index is 495. The van der Waals surface area contributed by atoms with Crippen molar-refractivity contribution in [2.24, 2.45) is 0 Å². The van der Waals surface area contributed by atoms with Crippen molar-refractivity contribution >= 4 is 17.4 Å². The van der Waals surface area contributed by atoms with Crippen molar-refractivity contribution in [1.29, 1.82) is 5.26 Å². The van der Waals surface area contributed by atoms with E-state index >= 15 is 0 Å². The average Bonchev–Trinajstić information content (AvgIpc) is 2.78. The standard InChI is InChI=1S/C14H19N3O2S/c1-14(2,3)19-13(18)17-8-10(9-17)16-11(7-15)12-5-4-6-20-12/h4-6,10-11,16H,8-9H2,1-3H3/t11-/m1/s1. The molecule has 2 rings (SSSR count). The third-order valence-corrected chi connectivity index (χ3v) is 3.83. The molecular weight excluding hydrogens is 274 g/mol. The van der Waals surface area contributed by atoms with Crippen LogP contribution in [0.25, 0.3) is 0 Å². The van der Waals surface area contributed by atoms with Gasteiger partial charge < -0.3 is 9.64 Å². The van der Waals surface area contributed by atoms with E-state index in [0.29, 0.717) is 13.1 Å². The molecule has 20 heavy (non-hydrogen) atoms. The smallest absolute Gasteiger partial charge is 0.410 e. The molecule has 0 unspecified atom stereocenters. The van der Waals surface area contributed by atoms with Crippen LogP contribution in [0.2, 0.25) is 0 Å². The van der Waals surface area contributed by atoms with E-state index in [1.54, 1.807) is 16.2 Å². The molecular formula is C14H19N3O2S. The van der Waals surface area contributed by atoms with Gasteiger partial charge in [0, 0.05) is 24.0 Å². The summed E-state index contributed by atoms with van der Waals surface area (Å²) in [5.74, 6) is 0. The van der Waals surface area contributed by atoms with E-state index in [1.165, 1.54) is 0 Å². The zero-order valence-electron chi connectivity index (χ0n) is 11.9. The maximum Gasteiger partial charge on any atom is 0.410 e. The van der Waals surface area contributed by atoms with Gasteiger partial charge in [-0.1, -0.05) is 6.07 Å². The van der Waals surface area contributed by atoms with Crippen molar-refractivity contribution in [2.75, 3.05) is 13.1 Å². The van der Waals surface area contributed by atoms with Gasteiger partial charge in [0.25, 0.3) is 0 Å². The number of rotatable bonds is 3. The van der Waals surface area contributed by atoms with Gasteiger partial charge in [0.05, 0.1) is 6.07 Å². The number of thiophene rings is 1. The molecule has 6 heteroatoms. The summed E-state index contributed by atoms with van der Waals surface area (Å²) in [7, 11) is 0. The Kier molecular flexibility index (Phi) is 4.31. The summed E-state index contributed by atoms with van der Waals surface area (Å²) < 4.78 is 5.29. The van der Waals surface area contributed by atoms with Gasteiger partial charge in [0.1, 0.15) is 11.6 Å². The average molecular weight is 293 g/mol. The first-order valence-corrected chi connectivity index (χ1v) is 7.44. The lowest BCUT2D eigenvalue weighted by atomic mass is 10.1. The van der Waals surface area contributed by atoms with E-state index in [-0.39, 0.29) is 18.2 Å². The van der Waals surface area contributed by atoms with Crippen LogP contribution in [-0.2, 0) is 4.74 Å². The molecule has 1 aromatic heterocycles. The predicted molar refractivity (Wildman–Crippen MR) is 77.4 cm³/mol. The normalized spacial score (nSPS) is 17.2. The first-order valence-electron chi connectivity index (χ1n) is 6.56. The molecule has 1 N–H and O–H groups in total. The van der Waals surface area contributed by atoms with E-state index in [4.69, 9.17) is 4.74 Å². The maximum atomic E-state index is 11.8. The summed E-state index contributed by atoms with van der Waals surface area (Å²) in [5, 5.41) is 14.4. The summed E-state index contributed by atoms with van der Waals surface area (Å²) >= 11 is 1.56. The molecule has 0 aliphatic carbocycles. The Balaban J connectivity index is 1.79. The van der Waals surface area contributed by atoms with Crippen molar-refractivity contribution in [3.05, 3.63) is 22.4 Å². The molecule has 5 nitrogen and oxygen atoms in total. The van der Waals surface area contributed by atoms with E-state index < -0.39 is 5.60 Å². The number of ether oxygens (including phenoxy) is 1. The van der Waals surface area contributed by atoms with Gasteiger partial charge in [0.15, 0.2) is 0 Å². The zero-order valence-corrected chi connectivity index (χ0v) is 12.7. The number of hydrogen-bond acceptors (Lipinski definition) is 5. The number of likely N-dealkylation sites (tertiary alicyclic amines) is 1. The van der Waals surface area contributed by atoms with Crippen molar-refractivity contribution in [1.82, 2.24) is 10.2 Å². The third kappa shape index (κ3) is 3.71. The fourth-order valence-electron chi connectivity index (χ4n) is 1.93. The Hall–Kier alpha value is -1.58. The Morgan fingerprint density at radius 1 is 1.60 bits per heavy atom. The number of nitriles is 1. The van der Waals surface area contributed by atoms with Crippen LogP contribution >= 0.6 is 11.3 Å². The molecule has 0 bridgehead atoms. The van der Waals surface area contributed by atoms with Gasteiger partial charge in [-0.25, -0.2) is 4.79 Å². The van der Waals surface area contributed by atoms with Crippen LogP contribution in [0.1, 0.15) is 31.7 Å². The minimum atomic E-state index is -0.470. The lowest BCUT2D eigenvalue weighted by molar-refractivity contribution is 0.00478. The Labute approximate surface area is 123 Å². The number of hydrogen-bond donors (Lipinski definition) is 1. The molecule has 0 saturated carbocycles. The van der Waals surface area contributed by atoms with Crippen LogP contribution in [-0.4, -0.2) is 35.7 Å². The number of nitrogens with zero attached hydrogens (tertiary/aromatic N) is 2. The Morgan fingerprint density at radius 2 is 2.30 bits per heavy atom. The fraction of sp³-hybridized carbons (Fsp3) is 0.571. The van der Waals surface area contributed by atoms with Crippen LogP contribution < -0.4 is 5.32 Å². The lowest BCUT2D eigenvalue weighted by Crippen LogP contribution is -2.60. The summed E-state index contributed by atoms with van der Waals surface area (Å²) in [5.41, 5.74) is -0.470. The summed E-state index contributed by atoms with van der Waals surface area (Å²) in [4.78, 5) is 14.4. The van der Waals surface area contributed by atoms with Gasteiger partial charge in [-0.3, -0.25) is 5.32 Å². The van der Waals surface area contributed by atoms with Crippen molar-refractivity contribution in [2.45, 2.75) is 38.5 Å². The SMILES string of the molecule is CC(C)(C)OC(=O)N1CC(N[C@H](C#N)c2cccs2)C1. The molecule has 1 amide bonds.